The van der Waals surface area contributed by atoms with Gasteiger partial charge < -0.3 is 15.3 Å². The lowest BCUT2D eigenvalue weighted by Crippen LogP contribution is -2.61. The van der Waals surface area contributed by atoms with Crippen molar-refractivity contribution in [2.45, 2.75) is 97.7 Å². The molecule has 0 amide bonds. The van der Waals surface area contributed by atoms with Gasteiger partial charge in [0.1, 0.15) is 0 Å². The van der Waals surface area contributed by atoms with Crippen molar-refractivity contribution in [2.75, 3.05) is 0 Å². The molecule has 2 saturated carbocycles. The molecular formula is C29H42O6. The monoisotopic (exact) mass is 486 g/mol. The fourth-order valence-corrected chi connectivity index (χ4v) is 8.46. The fraction of sp³-hybridized carbons (Fsp3) is 0.759. The van der Waals surface area contributed by atoms with Gasteiger partial charge in [-0.05, 0) is 75.5 Å². The van der Waals surface area contributed by atoms with Crippen LogP contribution in [0, 0.1) is 40.4 Å². The molecule has 4 aliphatic carbocycles. The van der Waals surface area contributed by atoms with Crippen molar-refractivity contribution < 1.29 is 29.7 Å². The van der Waals surface area contributed by atoms with Crippen LogP contribution in [0.15, 0.2) is 23.3 Å². The molecule has 4 unspecified atom stereocenters. The number of Topliss-reactive ketones (excluding diaryl/α,β-unsaturated/α-hetero) is 2. The quantitative estimate of drug-likeness (QED) is 0.477. The van der Waals surface area contributed by atoms with E-state index in [1.807, 2.05) is 6.92 Å². The Bertz CT molecular complexity index is 991. The maximum atomic E-state index is 13.8. The summed E-state index contributed by atoms with van der Waals surface area (Å²) in [5.74, 6) is -1.30. The molecule has 6 heteroatoms. The first-order valence-electron chi connectivity index (χ1n) is 13.3. The summed E-state index contributed by atoms with van der Waals surface area (Å²) in [7, 11) is 0. The van der Waals surface area contributed by atoms with E-state index in [1.54, 1.807) is 13.8 Å². The first kappa shape index (κ1) is 26.3. The van der Waals surface area contributed by atoms with Gasteiger partial charge in [0, 0.05) is 35.3 Å². The third-order valence-corrected chi connectivity index (χ3v) is 10.8. The topological polar surface area (TPSA) is 112 Å². The highest BCUT2D eigenvalue weighted by molar-refractivity contribution is 6.11. The maximum Gasteiger partial charge on any atom is 0.310 e. The molecule has 6 nitrogen and oxygen atoms in total. The van der Waals surface area contributed by atoms with Crippen LogP contribution in [-0.4, -0.2) is 44.6 Å². The first-order chi connectivity index (χ1) is 16.2. The third kappa shape index (κ3) is 3.87. The van der Waals surface area contributed by atoms with Crippen LogP contribution in [0.5, 0.6) is 0 Å². The lowest BCUT2D eigenvalue weighted by Gasteiger charge is -2.57. The number of hydrogen-bond acceptors (Lipinski definition) is 5. The van der Waals surface area contributed by atoms with Crippen LogP contribution in [-0.2, 0) is 14.4 Å². The van der Waals surface area contributed by atoms with E-state index in [0.29, 0.717) is 36.8 Å². The van der Waals surface area contributed by atoms with E-state index >= 15 is 0 Å². The highest BCUT2D eigenvalue weighted by atomic mass is 16.4. The smallest absolute Gasteiger partial charge is 0.310 e. The Morgan fingerprint density at radius 3 is 2.40 bits per heavy atom. The minimum absolute atomic E-state index is 0.0295. The molecular weight excluding hydrogens is 444 g/mol. The van der Waals surface area contributed by atoms with Crippen LogP contribution in [0.4, 0.5) is 0 Å². The molecule has 0 aromatic heterocycles. The standard InChI is InChI=1S/C29H42O6/c1-15(17(3)26(33)34)7-8-16(2)18-9-10-19-24-20(30)13-22-27(4,12-11-23(32)29(22,6)35)25(24)21(31)14-28(18,19)5/h16-19,22-23,32,35H,1,7-14H2,2-6H3,(H,33,34)/t16-,17?,18?,19?,22?,23-,27+,28-,29-/m1/s1. The lowest BCUT2D eigenvalue weighted by atomic mass is 9.47. The van der Waals surface area contributed by atoms with E-state index in [4.69, 9.17) is 0 Å². The molecule has 2 fully saturated rings. The van der Waals surface area contributed by atoms with Crippen molar-refractivity contribution in [2.24, 2.45) is 40.4 Å². The molecule has 4 rings (SSSR count). The molecule has 0 aliphatic heterocycles. The molecule has 0 radical (unpaired) electrons. The summed E-state index contributed by atoms with van der Waals surface area (Å²) in [4.78, 5) is 38.8. The molecule has 4 aliphatic rings. The van der Waals surface area contributed by atoms with E-state index in [1.165, 1.54) is 0 Å². The predicted molar refractivity (Wildman–Crippen MR) is 132 cm³/mol. The van der Waals surface area contributed by atoms with Crippen LogP contribution >= 0.6 is 0 Å². The second-order valence-corrected chi connectivity index (χ2v) is 12.7. The number of hydrogen-bond donors (Lipinski definition) is 3. The van der Waals surface area contributed by atoms with Crippen molar-refractivity contribution in [1.82, 2.24) is 0 Å². The molecule has 0 saturated heterocycles. The number of carboxylic acid groups (broad SMARTS) is 1. The Morgan fingerprint density at radius 1 is 1.11 bits per heavy atom. The van der Waals surface area contributed by atoms with Gasteiger partial charge in [0.05, 0.1) is 17.6 Å². The van der Waals surface area contributed by atoms with E-state index in [-0.39, 0.29) is 41.2 Å². The van der Waals surface area contributed by atoms with Gasteiger partial charge in [0.15, 0.2) is 11.6 Å². The zero-order valence-electron chi connectivity index (χ0n) is 21.9. The number of aliphatic hydroxyl groups is 2. The fourth-order valence-electron chi connectivity index (χ4n) is 8.46. The normalized spacial score (nSPS) is 42.7. The second-order valence-electron chi connectivity index (χ2n) is 12.7. The van der Waals surface area contributed by atoms with Gasteiger partial charge in [0.2, 0.25) is 0 Å². The van der Waals surface area contributed by atoms with Crippen molar-refractivity contribution >= 4 is 17.5 Å². The van der Waals surface area contributed by atoms with E-state index in [0.717, 1.165) is 24.8 Å². The van der Waals surface area contributed by atoms with Gasteiger partial charge in [-0.15, -0.1) is 0 Å². The highest BCUT2D eigenvalue weighted by Crippen LogP contribution is 2.65. The van der Waals surface area contributed by atoms with E-state index < -0.39 is 34.9 Å². The van der Waals surface area contributed by atoms with Crippen LogP contribution in [0.3, 0.4) is 0 Å². The zero-order valence-corrected chi connectivity index (χ0v) is 21.9. The molecule has 0 aromatic rings. The Morgan fingerprint density at radius 2 is 1.77 bits per heavy atom. The number of aliphatic hydroxyl groups excluding tert-OH is 1. The summed E-state index contributed by atoms with van der Waals surface area (Å²) in [5, 5.41) is 30.9. The molecule has 194 valence electrons. The lowest BCUT2D eigenvalue weighted by molar-refractivity contribution is -0.170. The number of ketones is 2. The van der Waals surface area contributed by atoms with E-state index in [2.05, 4.69) is 20.4 Å². The number of aliphatic carboxylic acids is 1. The minimum Gasteiger partial charge on any atom is -0.481 e. The molecule has 0 bridgehead atoms. The number of rotatable bonds is 6. The Balaban J connectivity index is 1.63. The number of allylic oxidation sites excluding steroid dienone is 2. The number of carboxylic acids is 1. The summed E-state index contributed by atoms with van der Waals surface area (Å²) < 4.78 is 0. The van der Waals surface area contributed by atoms with Crippen LogP contribution in [0.1, 0.15) is 86.0 Å². The zero-order chi connectivity index (χ0) is 26.1. The largest absolute Gasteiger partial charge is 0.481 e. The molecule has 35 heavy (non-hydrogen) atoms. The summed E-state index contributed by atoms with van der Waals surface area (Å²) in [6.07, 6.45) is 3.97. The average Bonchev–Trinajstić information content (AvgIpc) is 3.12. The first-order valence-corrected chi connectivity index (χ1v) is 13.3. The SMILES string of the molecule is C=C(CC[C@@H](C)C1CCC2C3=C(C(=O)C[C@@]21C)[C@@]1(C)CC[C@@H](O)[C@](C)(O)C1CC3=O)C(C)C(=O)O. The van der Waals surface area contributed by atoms with Crippen molar-refractivity contribution in [3.8, 4) is 0 Å². The number of carbonyl (C=O) groups is 3. The molecule has 0 spiro atoms. The number of fused-ring (bicyclic) bond motifs is 4. The highest BCUT2D eigenvalue weighted by Gasteiger charge is 2.64. The van der Waals surface area contributed by atoms with Crippen molar-refractivity contribution in [3.63, 3.8) is 0 Å². The third-order valence-electron chi connectivity index (χ3n) is 10.8. The van der Waals surface area contributed by atoms with Crippen molar-refractivity contribution in [1.29, 1.82) is 0 Å². The van der Waals surface area contributed by atoms with Gasteiger partial charge in [-0.1, -0.05) is 32.9 Å². The average molecular weight is 487 g/mol. The molecule has 9 atom stereocenters. The van der Waals surface area contributed by atoms with Gasteiger partial charge in [-0.3, -0.25) is 14.4 Å². The summed E-state index contributed by atoms with van der Waals surface area (Å²) in [6, 6.07) is 0. The van der Waals surface area contributed by atoms with Crippen molar-refractivity contribution in [3.05, 3.63) is 23.3 Å². The van der Waals surface area contributed by atoms with E-state index in [9.17, 15) is 29.7 Å². The summed E-state index contributed by atoms with van der Waals surface area (Å²) in [6.45, 7) is 13.6. The van der Waals surface area contributed by atoms with Gasteiger partial charge in [-0.25, -0.2) is 0 Å². The second kappa shape index (κ2) is 8.65. The van der Waals surface area contributed by atoms with Gasteiger partial charge in [-0.2, -0.15) is 0 Å². The van der Waals surface area contributed by atoms with Crippen LogP contribution < -0.4 is 0 Å². The molecule has 0 aromatic carbocycles. The van der Waals surface area contributed by atoms with Crippen LogP contribution in [0.25, 0.3) is 0 Å². The van der Waals surface area contributed by atoms with Crippen LogP contribution in [0.2, 0.25) is 0 Å². The molecule has 0 heterocycles. The summed E-state index contributed by atoms with van der Waals surface area (Å²) in [5.41, 5.74) is -0.214. The Kier molecular flexibility index (Phi) is 6.50. The van der Waals surface area contributed by atoms with Gasteiger partial charge in [0.25, 0.3) is 0 Å². The predicted octanol–water partition coefficient (Wildman–Crippen LogP) is 4.48. The maximum absolute atomic E-state index is 13.8. The summed E-state index contributed by atoms with van der Waals surface area (Å²) >= 11 is 0. The Hall–Kier alpha value is -1.79. The minimum atomic E-state index is -1.40. The Labute approximate surface area is 208 Å². The molecule has 3 N–H and O–H groups in total. The van der Waals surface area contributed by atoms with Gasteiger partial charge >= 0.3 is 5.97 Å². The number of carbonyl (C=O) groups excluding carboxylic acids is 2.